The summed E-state index contributed by atoms with van der Waals surface area (Å²) < 4.78 is 33.3. The third-order valence-electron chi connectivity index (χ3n) is 4.47. The van der Waals surface area contributed by atoms with Crippen molar-refractivity contribution in [3.63, 3.8) is 0 Å². The zero-order chi connectivity index (χ0) is 18.0. The van der Waals surface area contributed by atoms with Gasteiger partial charge in [-0.1, -0.05) is 30.3 Å². The second kappa shape index (κ2) is 7.19. The first-order valence-electron chi connectivity index (χ1n) is 8.17. The molecular weight excluding hydrogens is 326 g/mol. The van der Waals surface area contributed by atoms with Crippen LogP contribution in [-0.2, 0) is 4.74 Å². The largest absolute Gasteiger partial charge is 0.430 e. The van der Waals surface area contributed by atoms with Gasteiger partial charge < -0.3 is 4.74 Å². The standard InChI is InChI=1S/C19H20F2N2O2/c1-22-12-6-11-17(22)25-19(24)23(2)16-10-4-3-7-13(16)14-8-5-9-15(20)18(14)21/h3-5,7-10,17H,6,11-12H2,1-2H3/t17-/m0/s1. The zero-order valence-corrected chi connectivity index (χ0v) is 14.2. The molecule has 0 bridgehead atoms. The second-order valence-electron chi connectivity index (χ2n) is 6.14. The Morgan fingerprint density at radius 1 is 1.16 bits per heavy atom. The van der Waals surface area contributed by atoms with E-state index in [1.165, 1.54) is 17.0 Å². The molecule has 1 atom stereocenters. The maximum absolute atomic E-state index is 14.2. The minimum atomic E-state index is -0.938. The number of para-hydroxylation sites is 1. The van der Waals surface area contributed by atoms with E-state index >= 15 is 0 Å². The first kappa shape index (κ1) is 17.4. The van der Waals surface area contributed by atoms with Crippen LogP contribution in [0.15, 0.2) is 42.5 Å². The maximum atomic E-state index is 14.2. The van der Waals surface area contributed by atoms with Crippen LogP contribution in [0.3, 0.4) is 0 Å². The monoisotopic (exact) mass is 346 g/mol. The summed E-state index contributed by atoms with van der Waals surface area (Å²) >= 11 is 0. The summed E-state index contributed by atoms with van der Waals surface area (Å²) in [5.74, 6) is -1.86. The molecule has 4 nitrogen and oxygen atoms in total. The van der Waals surface area contributed by atoms with Crippen molar-refractivity contribution in [2.24, 2.45) is 0 Å². The molecule has 2 aromatic carbocycles. The average molecular weight is 346 g/mol. The van der Waals surface area contributed by atoms with Crippen LogP contribution in [0.1, 0.15) is 12.8 Å². The molecule has 1 fully saturated rings. The summed E-state index contributed by atoms with van der Waals surface area (Å²) in [5.41, 5.74) is 0.990. The van der Waals surface area contributed by atoms with E-state index in [0.29, 0.717) is 11.3 Å². The molecule has 1 aliphatic rings. The highest BCUT2D eigenvalue weighted by molar-refractivity contribution is 5.93. The Bertz CT molecular complexity index is 782. The van der Waals surface area contributed by atoms with Gasteiger partial charge in [-0.25, -0.2) is 13.6 Å². The molecule has 1 heterocycles. The van der Waals surface area contributed by atoms with Gasteiger partial charge in [-0.2, -0.15) is 0 Å². The number of benzene rings is 2. The van der Waals surface area contributed by atoms with E-state index in [1.54, 1.807) is 31.3 Å². The Hall–Kier alpha value is -2.47. The predicted molar refractivity (Wildman–Crippen MR) is 92.3 cm³/mol. The maximum Gasteiger partial charge on any atom is 0.415 e. The van der Waals surface area contributed by atoms with Crippen molar-refractivity contribution >= 4 is 11.8 Å². The molecular formula is C19H20F2N2O2. The van der Waals surface area contributed by atoms with E-state index in [2.05, 4.69) is 0 Å². The number of ether oxygens (including phenoxy) is 1. The molecule has 0 aromatic heterocycles. The number of carbonyl (C=O) groups excluding carboxylic acids is 1. The SMILES string of the molecule is CN(C(=O)O[C@H]1CCCN1C)c1ccccc1-c1cccc(F)c1F. The smallest absolute Gasteiger partial charge is 0.415 e. The third-order valence-corrected chi connectivity index (χ3v) is 4.47. The summed E-state index contributed by atoms with van der Waals surface area (Å²) in [5, 5.41) is 0. The van der Waals surface area contributed by atoms with Crippen LogP contribution in [0.5, 0.6) is 0 Å². The van der Waals surface area contributed by atoms with E-state index in [1.807, 2.05) is 11.9 Å². The summed E-state index contributed by atoms with van der Waals surface area (Å²) in [7, 11) is 3.47. The van der Waals surface area contributed by atoms with E-state index in [4.69, 9.17) is 4.74 Å². The van der Waals surface area contributed by atoms with Gasteiger partial charge in [-0.3, -0.25) is 9.80 Å². The number of carbonyl (C=O) groups is 1. The molecule has 2 aromatic rings. The molecule has 1 aliphatic heterocycles. The fourth-order valence-electron chi connectivity index (χ4n) is 3.03. The second-order valence-corrected chi connectivity index (χ2v) is 6.14. The van der Waals surface area contributed by atoms with Gasteiger partial charge >= 0.3 is 6.09 Å². The lowest BCUT2D eigenvalue weighted by Crippen LogP contribution is -2.36. The van der Waals surface area contributed by atoms with Crippen molar-refractivity contribution < 1.29 is 18.3 Å². The predicted octanol–water partition coefficient (Wildman–Crippen LogP) is 4.26. The number of amides is 1. The van der Waals surface area contributed by atoms with E-state index in [-0.39, 0.29) is 11.8 Å². The van der Waals surface area contributed by atoms with E-state index in [0.717, 1.165) is 25.5 Å². The summed E-state index contributed by atoms with van der Waals surface area (Å²) in [6.07, 6.45) is 0.982. The lowest BCUT2D eigenvalue weighted by Gasteiger charge is -2.25. The molecule has 1 saturated heterocycles. The molecule has 0 aliphatic carbocycles. The molecule has 6 heteroatoms. The molecule has 132 valence electrons. The van der Waals surface area contributed by atoms with Crippen LogP contribution in [0, 0.1) is 11.6 Å². The third kappa shape index (κ3) is 3.49. The molecule has 0 radical (unpaired) electrons. The van der Waals surface area contributed by atoms with Crippen LogP contribution < -0.4 is 4.90 Å². The van der Waals surface area contributed by atoms with Gasteiger partial charge in [-0.05, 0) is 32.0 Å². The van der Waals surface area contributed by atoms with Gasteiger partial charge in [0.2, 0.25) is 0 Å². The van der Waals surface area contributed by atoms with Gasteiger partial charge in [0, 0.05) is 24.7 Å². The molecule has 0 saturated carbocycles. The minimum absolute atomic E-state index is 0.105. The number of hydrogen-bond acceptors (Lipinski definition) is 3. The van der Waals surface area contributed by atoms with Gasteiger partial charge in [0.05, 0.1) is 5.69 Å². The number of halogens is 2. The Balaban J connectivity index is 1.89. The Kier molecular flexibility index (Phi) is 4.99. The van der Waals surface area contributed by atoms with E-state index < -0.39 is 17.7 Å². The van der Waals surface area contributed by atoms with Crippen LogP contribution in [0.4, 0.5) is 19.3 Å². The lowest BCUT2D eigenvalue weighted by molar-refractivity contribution is 0.0315. The number of anilines is 1. The van der Waals surface area contributed by atoms with Crippen molar-refractivity contribution in [2.75, 3.05) is 25.5 Å². The molecule has 0 spiro atoms. The highest BCUT2D eigenvalue weighted by atomic mass is 19.2. The van der Waals surface area contributed by atoms with Gasteiger partial charge in [0.25, 0.3) is 0 Å². The van der Waals surface area contributed by atoms with Crippen molar-refractivity contribution in [3.05, 3.63) is 54.1 Å². The Morgan fingerprint density at radius 3 is 2.60 bits per heavy atom. The number of hydrogen-bond donors (Lipinski definition) is 0. The van der Waals surface area contributed by atoms with Crippen LogP contribution in [0.25, 0.3) is 11.1 Å². The average Bonchev–Trinajstić information content (AvgIpc) is 3.01. The summed E-state index contributed by atoms with van der Waals surface area (Å²) in [6.45, 7) is 0.882. The van der Waals surface area contributed by atoms with Crippen molar-refractivity contribution in [1.82, 2.24) is 4.90 Å². The van der Waals surface area contributed by atoms with Crippen LogP contribution in [0.2, 0.25) is 0 Å². The first-order chi connectivity index (χ1) is 12.0. The Labute approximate surface area is 145 Å². The van der Waals surface area contributed by atoms with Crippen molar-refractivity contribution in [3.8, 4) is 11.1 Å². The van der Waals surface area contributed by atoms with Gasteiger partial charge in [-0.15, -0.1) is 0 Å². The van der Waals surface area contributed by atoms with Gasteiger partial charge in [0.1, 0.15) is 0 Å². The molecule has 25 heavy (non-hydrogen) atoms. The van der Waals surface area contributed by atoms with Crippen LogP contribution >= 0.6 is 0 Å². The highest BCUT2D eigenvalue weighted by Crippen LogP contribution is 2.33. The number of nitrogens with zero attached hydrogens (tertiary/aromatic N) is 2. The van der Waals surface area contributed by atoms with Crippen molar-refractivity contribution in [2.45, 2.75) is 19.1 Å². The number of rotatable bonds is 3. The zero-order valence-electron chi connectivity index (χ0n) is 14.2. The molecule has 0 N–H and O–H groups in total. The fraction of sp³-hybridized carbons (Fsp3) is 0.316. The first-order valence-corrected chi connectivity index (χ1v) is 8.17. The highest BCUT2D eigenvalue weighted by Gasteiger charge is 2.27. The summed E-state index contributed by atoms with van der Waals surface area (Å²) in [6, 6.07) is 10.8. The van der Waals surface area contributed by atoms with Crippen molar-refractivity contribution in [1.29, 1.82) is 0 Å². The number of likely N-dealkylation sites (tertiary alicyclic amines) is 1. The summed E-state index contributed by atoms with van der Waals surface area (Å²) in [4.78, 5) is 15.8. The normalized spacial score (nSPS) is 17.5. The van der Waals surface area contributed by atoms with Crippen LogP contribution in [-0.4, -0.2) is 37.9 Å². The lowest BCUT2D eigenvalue weighted by atomic mass is 10.0. The quantitative estimate of drug-likeness (QED) is 0.833. The van der Waals surface area contributed by atoms with E-state index in [9.17, 15) is 13.6 Å². The molecule has 0 unspecified atom stereocenters. The fourth-order valence-corrected chi connectivity index (χ4v) is 3.03. The Morgan fingerprint density at radius 2 is 1.88 bits per heavy atom. The molecule has 3 rings (SSSR count). The minimum Gasteiger partial charge on any atom is -0.430 e. The molecule has 1 amide bonds. The van der Waals surface area contributed by atoms with Gasteiger partial charge in [0.15, 0.2) is 17.9 Å². The topological polar surface area (TPSA) is 32.8 Å².